The molecule has 0 spiro atoms. The molecular formula is C17H25N3O3S3. The number of carbonyl (C=O) groups excluding carboxylic acids is 1. The summed E-state index contributed by atoms with van der Waals surface area (Å²) in [6.45, 7) is 6.16. The number of aliphatic carboxylic acids is 1. The van der Waals surface area contributed by atoms with Crippen LogP contribution in [0.15, 0.2) is 22.1 Å². The molecule has 3 fully saturated rings. The summed E-state index contributed by atoms with van der Waals surface area (Å²) in [5.41, 5.74) is 0. The van der Waals surface area contributed by atoms with Gasteiger partial charge in [-0.3, -0.25) is 14.5 Å². The molecule has 3 aliphatic rings. The molecule has 3 aliphatic heterocycles. The summed E-state index contributed by atoms with van der Waals surface area (Å²) in [6, 6.07) is 0. The molecule has 2 N–H and O–H groups in total. The van der Waals surface area contributed by atoms with Gasteiger partial charge in [-0.05, 0) is 45.0 Å². The van der Waals surface area contributed by atoms with Crippen LogP contribution in [0.3, 0.4) is 0 Å². The molecule has 0 aliphatic carbocycles. The average Bonchev–Trinajstić information content (AvgIpc) is 3.21. The first-order valence-corrected chi connectivity index (χ1v) is 11.0. The van der Waals surface area contributed by atoms with Crippen molar-refractivity contribution >= 4 is 51.9 Å². The highest BCUT2D eigenvalue weighted by Crippen LogP contribution is 2.32. The van der Waals surface area contributed by atoms with E-state index in [0.717, 1.165) is 40.5 Å². The molecule has 0 aromatic rings. The van der Waals surface area contributed by atoms with Crippen LogP contribution < -0.4 is 5.32 Å². The minimum absolute atomic E-state index is 0.300. The number of rotatable bonds is 4. The van der Waals surface area contributed by atoms with E-state index >= 15 is 0 Å². The first-order chi connectivity index (χ1) is 12.5. The number of hydrogen-bond donors (Lipinski definition) is 2. The Balaban J connectivity index is 0.000000342. The number of carbonyl (C=O) groups is 2. The summed E-state index contributed by atoms with van der Waals surface area (Å²) in [5.74, 6) is -0.345. The minimum atomic E-state index is -1.07. The highest BCUT2D eigenvalue weighted by Gasteiger charge is 2.33. The fourth-order valence-corrected chi connectivity index (χ4v) is 4.95. The van der Waals surface area contributed by atoms with Crippen LogP contribution >= 0.6 is 35.7 Å². The van der Waals surface area contributed by atoms with Gasteiger partial charge in [-0.25, -0.2) is 0 Å². The molecule has 0 aromatic heterocycles. The van der Waals surface area contributed by atoms with Gasteiger partial charge in [0.1, 0.15) is 10.9 Å². The Labute approximate surface area is 168 Å². The lowest BCUT2D eigenvalue weighted by atomic mass is 10.2. The third-order valence-electron chi connectivity index (χ3n) is 4.06. The number of piperidine rings is 1. The van der Waals surface area contributed by atoms with E-state index in [2.05, 4.69) is 17.1 Å². The molecule has 9 heteroatoms. The monoisotopic (exact) mass is 415 g/mol. The predicted octanol–water partition coefficient (Wildman–Crippen LogP) is 2.49. The zero-order valence-corrected chi connectivity index (χ0v) is 17.4. The van der Waals surface area contributed by atoms with Crippen LogP contribution in [0.5, 0.6) is 0 Å². The maximum atomic E-state index is 12.0. The van der Waals surface area contributed by atoms with Crippen molar-refractivity contribution in [1.29, 1.82) is 0 Å². The third-order valence-corrected chi connectivity index (χ3v) is 6.53. The Morgan fingerprint density at radius 3 is 2.58 bits per heavy atom. The quantitative estimate of drug-likeness (QED) is 0.536. The van der Waals surface area contributed by atoms with E-state index in [-0.39, 0.29) is 12.5 Å². The molecule has 0 bridgehead atoms. The van der Waals surface area contributed by atoms with Crippen molar-refractivity contribution in [3.8, 4) is 0 Å². The Kier molecular flexibility index (Phi) is 8.97. The number of allylic oxidation sites excluding steroid dienone is 2. The first kappa shape index (κ1) is 21.3. The van der Waals surface area contributed by atoms with Crippen molar-refractivity contribution in [2.75, 3.05) is 38.5 Å². The summed E-state index contributed by atoms with van der Waals surface area (Å²) in [4.78, 5) is 26.6. The van der Waals surface area contributed by atoms with Crippen molar-refractivity contribution in [2.45, 2.75) is 26.2 Å². The van der Waals surface area contributed by atoms with E-state index in [4.69, 9.17) is 17.3 Å². The second-order valence-electron chi connectivity index (χ2n) is 5.93. The zero-order chi connectivity index (χ0) is 18.9. The topological polar surface area (TPSA) is 72.9 Å². The molecule has 0 unspecified atom stereocenters. The van der Waals surface area contributed by atoms with E-state index in [0.29, 0.717) is 9.23 Å². The molecule has 0 atom stereocenters. The Bertz CT molecular complexity index is 592. The molecule has 1 amide bonds. The molecule has 3 heterocycles. The third kappa shape index (κ3) is 6.29. The summed E-state index contributed by atoms with van der Waals surface area (Å²) in [6.07, 6.45) is 7.86. The maximum absolute atomic E-state index is 12.0. The van der Waals surface area contributed by atoms with E-state index in [1.54, 1.807) is 17.8 Å². The minimum Gasteiger partial charge on any atom is -0.480 e. The second-order valence-corrected chi connectivity index (χ2v) is 8.72. The summed E-state index contributed by atoms with van der Waals surface area (Å²) >= 11 is 7.94. The first-order valence-electron chi connectivity index (χ1n) is 8.78. The van der Waals surface area contributed by atoms with Gasteiger partial charge < -0.3 is 15.3 Å². The highest BCUT2D eigenvalue weighted by atomic mass is 32.2. The summed E-state index contributed by atoms with van der Waals surface area (Å²) < 4.78 is 0.300. The van der Waals surface area contributed by atoms with Crippen LogP contribution in [0.25, 0.3) is 0 Å². The second kappa shape index (κ2) is 11.0. The summed E-state index contributed by atoms with van der Waals surface area (Å²) in [5, 5.41) is 13.2. The Hall–Kier alpha value is -1.03. The van der Waals surface area contributed by atoms with Gasteiger partial charge in [0.15, 0.2) is 0 Å². The Morgan fingerprint density at radius 1 is 1.31 bits per heavy atom. The standard InChI is InChI=1S/C12H14N2O3S3.C5H11N/c1-2-13-5-6-19-9(13)4-3-8-11(17)14(7-10(15)16)12(18)20-8;1-2-4-6-5-3-1/h3-4H,2,5-7H2,1H3,(H,15,16);6H,1-5H2. The van der Waals surface area contributed by atoms with Gasteiger partial charge in [-0.2, -0.15) is 0 Å². The number of nitrogens with zero attached hydrogens (tertiary/aromatic N) is 2. The Morgan fingerprint density at radius 2 is 2.04 bits per heavy atom. The zero-order valence-electron chi connectivity index (χ0n) is 14.9. The van der Waals surface area contributed by atoms with E-state index in [1.807, 2.05) is 6.08 Å². The molecule has 0 aromatic carbocycles. The van der Waals surface area contributed by atoms with Crippen LogP contribution in [0.4, 0.5) is 0 Å². The maximum Gasteiger partial charge on any atom is 0.323 e. The predicted molar refractivity (Wildman–Crippen MR) is 112 cm³/mol. The lowest BCUT2D eigenvalue weighted by Crippen LogP contribution is -2.33. The molecule has 0 saturated carbocycles. The van der Waals surface area contributed by atoms with Gasteiger partial charge in [0.2, 0.25) is 0 Å². The van der Waals surface area contributed by atoms with Crippen LogP contribution in [-0.4, -0.2) is 69.6 Å². The SMILES string of the molecule is C1CCNCC1.CCN1CCSC1=CC=C1SC(=S)N(CC(=O)O)C1=O. The largest absolute Gasteiger partial charge is 0.480 e. The van der Waals surface area contributed by atoms with Gasteiger partial charge in [-0.1, -0.05) is 30.4 Å². The average molecular weight is 416 g/mol. The van der Waals surface area contributed by atoms with Crippen LogP contribution in [0.1, 0.15) is 26.2 Å². The molecule has 144 valence electrons. The normalized spacial score (nSPS) is 23.6. The van der Waals surface area contributed by atoms with Crippen molar-refractivity contribution < 1.29 is 14.7 Å². The van der Waals surface area contributed by atoms with Crippen molar-refractivity contribution in [3.05, 3.63) is 22.1 Å². The fraction of sp³-hybridized carbons (Fsp3) is 0.588. The van der Waals surface area contributed by atoms with Crippen LogP contribution in [-0.2, 0) is 9.59 Å². The number of thioether (sulfide) groups is 2. The van der Waals surface area contributed by atoms with E-state index in [9.17, 15) is 9.59 Å². The van der Waals surface area contributed by atoms with Crippen molar-refractivity contribution in [2.24, 2.45) is 0 Å². The molecule has 0 radical (unpaired) electrons. The molecule has 6 nitrogen and oxygen atoms in total. The lowest BCUT2D eigenvalue weighted by Gasteiger charge is -2.15. The number of carboxylic acid groups (broad SMARTS) is 1. The molecular weight excluding hydrogens is 390 g/mol. The molecule has 26 heavy (non-hydrogen) atoms. The number of amides is 1. The van der Waals surface area contributed by atoms with Gasteiger partial charge in [0, 0.05) is 18.8 Å². The smallest absolute Gasteiger partial charge is 0.323 e. The van der Waals surface area contributed by atoms with E-state index < -0.39 is 5.97 Å². The van der Waals surface area contributed by atoms with Crippen LogP contribution in [0.2, 0.25) is 0 Å². The van der Waals surface area contributed by atoms with Gasteiger partial charge in [0.05, 0.1) is 9.93 Å². The number of thiocarbonyl (C=S) groups is 1. The van der Waals surface area contributed by atoms with Crippen LogP contribution in [0, 0.1) is 0 Å². The molecule has 3 saturated heterocycles. The van der Waals surface area contributed by atoms with Gasteiger partial charge in [0.25, 0.3) is 5.91 Å². The van der Waals surface area contributed by atoms with Crippen molar-refractivity contribution in [3.63, 3.8) is 0 Å². The number of carboxylic acids is 1. The summed E-state index contributed by atoms with van der Waals surface area (Å²) in [7, 11) is 0. The van der Waals surface area contributed by atoms with Gasteiger partial charge in [-0.15, -0.1) is 11.8 Å². The van der Waals surface area contributed by atoms with Gasteiger partial charge >= 0.3 is 5.97 Å². The van der Waals surface area contributed by atoms with Crippen molar-refractivity contribution in [1.82, 2.24) is 15.1 Å². The van der Waals surface area contributed by atoms with E-state index in [1.165, 1.54) is 32.4 Å². The highest BCUT2D eigenvalue weighted by molar-refractivity contribution is 8.26. The lowest BCUT2D eigenvalue weighted by molar-refractivity contribution is -0.140. The number of nitrogens with one attached hydrogen (secondary N) is 1. The fourth-order valence-electron chi connectivity index (χ4n) is 2.66. The molecule has 3 rings (SSSR count). The number of hydrogen-bond acceptors (Lipinski definition) is 7.